The fourth-order valence-corrected chi connectivity index (χ4v) is 3.08. The summed E-state index contributed by atoms with van der Waals surface area (Å²) in [6.07, 6.45) is 1.28. The molecule has 8 heteroatoms. The Bertz CT molecular complexity index is 966. The van der Waals surface area contributed by atoms with Gasteiger partial charge in [0.2, 0.25) is 0 Å². The van der Waals surface area contributed by atoms with E-state index < -0.39 is 11.5 Å². The molecule has 24 heavy (non-hydrogen) atoms. The SMILES string of the molecule is Cc1sc(NC(=O)c2c[nH]c(=O)c(Cl)c2)nc1-c1ccc(F)cc1. The number of nitrogens with one attached hydrogen (secondary N) is 2. The largest absolute Gasteiger partial charge is 0.327 e. The predicted molar refractivity (Wildman–Crippen MR) is 92.3 cm³/mol. The summed E-state index contributed by atoms with van der Waals surface area (Å²) in [6.45, 7) is 1.86. The molecule has 2 N–H and O–H groups in total. The number of nitrogens with zero attached hydrogens (tertiary/aromatic N) is 1. The molecule has 1 aromatic carbocycles. The van der Waals surface area contributed by atoms with Crippen LogP contribution in [0.1, 0.15) is 15.2 Å². The topological polar surface area (TPSA) is 74.8 Å². The smallest absolute Gasteiger partial charge is 0.266 e. The van der Waals surface area contributed by atoms with E-state index in [0.717, 1.165) is 10.4 Å². The number of halogens is 2. The molecule has 2 heterocycles. The van der Waals surface area contributed by atoms with Crippen LogP contribution in [0.3, 0.4) is 0 Å². The van der Waals surface area contributed by atoms with Gasteiger partial charge >= 0.3 is 0 Å². The van der Waals surface area contributed by atoms with E-state index in [2.05, 4.69) is 15.3 Å². The third kappa shape index (κ3) is 3.37. The fourth-order valence-electron chi connectivity index (χ4n) is 2.08. The van der Waals surface area contributed by atoms with Gasteiger partial charge in [0.25, 0.3) is 11.5 Å². The summed E-state index contributed by atoms with van der Waals surface area (Å²) >= 11 is 7.02. The monoisotopic (exact) mass is 363 g/mol. The number of carbonyl (C=O) groups excluding carboxylic acids is 1. The zero-order valence-electron chi connectivity index (χ0n) is 12.4. The van der Waals surface area contributed by atoms with Gasteiger partial charge in [0.15, 0.2) is 5.13 Å². The van der Waals surface area contributed by atoms with Crippen LogP contribution in [0.4, 0.5) is 9.52 Å². The van der Waals surface area contributed by atoms with Crippen molar-refractivity contribution in [1.29, 1.82) is 0 Å². The van der Waals surface area contributed by atoms with Crippen molar-refractivity contribution < 1.29 is 9.18 Å². The molecule has 0 radical (unpaired) electrons. The lowest BCUT2D eigenvalue weighted by Crippen LogP contribution is -2.15. The molecule has 0 fully saturated rings. The maximum absolute atomic E-state index is 13.0. The van der Waals surface area contributed by atoms with E-state index in [1.54, 1.807) is 12.1 Å². The van der Waals surface area contributed by atoms with Gasteiger partial charge in [0.05, 0.1) is 11.3 Å². The van der Waals surface area contributed by atoms with Gasteiger partial charge in [-0.2, -0.15) is 0 Å². The lowest BCUT2D eigenvalue weighted by Gasteiger charge is -2.01. The zero-order chi connectivity index (χ0) is 17.3. The summed E-state index contributed by atoms with van der Waals surface area (Å²) in [5, 5.41) is 3.00. The highest BCUT2D eigenvalue weighted by atomic mass is 35.5. The number of rotatable bonds is 3. The fraction of sp³-hybridized carbons (Fsp3) is 0.0625. The Morgan fingerprint density at radius 1 is 1.33 bits per heavy atom. The minimum atomic E-state index is -0.461. The van der Waals surface area contributed by atoms with Crippen LogP contribution in [0.25, 0.3) is 11.3 Å². The number of hydrogen-bond acceptors (Lipinski definition) is 4. The van der Waals surface area contributed by atoms with E-state index in [1.165, 1.54) is 35.7 Å². The number of carbonyl (C=O) groups is 1. The lowest BCUT2D eigenvalue weighted by atomic mass is 10.1. The second-order valence-electron chi connectivity index (χ2n) is 4.95. The number of pyridine rings is 1. The Morgan fingerprint density at radius 3 is 2.71 bits per heavy atom. The molecule has 0 aliphatic rings. The highest BCUT2D eigenvalue weighted by Gasteiger charge is 2.14. The normalized spacial score (nSPS) is 10.6. The standard InChI is InChI=1S/C16H11ClFN3O2S/c1-8-13(9-2-4-11(18)5-3-9)20-16(24-8)21-14(22)10-6-12(17)15(23)19-7-10/h2-7H,1H3,(H,19,23)(H,20,21,22). The summed E-state index contributed by atoms with van der Waals surface area (Å²) in [7, 11) is 0. The zero-order valence-corrected chi connectivity index (χ0v) is 14.0. The van der Waals surface area contributed by atoms with Crippen molar-refractivity contribution in [2.75, 3.05) is 5.32 Å². The van der Waals surface area contributed by atoms with Gasteiger partial charge in [0.1, 0.15) is 10.8 Å². The Hall–Kier alpha value is -2.51. The van der Waals surface area contributed by atoms with Crippen molar-refractivity contribution >= 4 is 34.0 Å². The van der Waals surface area contributed by atoms with Crippen LogP contribution < -0.4 is 10.9 Å². The third-order valence-electron chi connectivity index (χ3n) is 3.25. The van der Waals surface area contributed by atoms with E-state index in [4.69, 9.17) is 11.6 Å². The van der Waals surface area contributed by atoms with Crippen molar-refractivity contribution in [3.8, 4) is 11.3 Å². The molecule has 122 valence electrons. The number of hydrogen-bond donors (Lipinski definition) is 2. The van der Waals surface area contributed by atoms with Crippen LogP contribution in [0.5, 0.6) is 0 Å². The molecule has 0 bridgehead atoms. The molecule has 3 aromatic rings. The van der Waals surface area contributed by atoms with Crippen molar-refractivity contribution in [2.45, 2.75) is 6.92 Å². The molecule has 0 spiro atoms. The molecule has 0 saturated heterocycles. The van der Waals surface area contributed by atoms with Crippen molar-refractivity contribution in [3.63, 3.8) is 0 Å². The van der Waals surface area contributed by atoms with Gasteiger partial charge in [-0.1, -0.05) is 11.6 Å². The number of amides is 1. The van der Waals surface area contributed by atoms with Crippen LogP contribution in [0.15, 0.2) is 41.3 Å². The molecule has 0 aliphatic heterocycles. The van der Waals surface area contributed by atoms with E-state index in [9.17, 15) is 14.0 Å². The summed E-state index contributed by atoms with van der Waals surface area (Å²) in [5.74, 6) is -0.761. The van der Waals surface area contributed by atoms with Crippen molar-refractivity contribution in [2.24, 2.45) is 0 Å². The van der Waals surface area contributed by atoms with E-state index >= 15 is 0 Å². The first-order chi connectivity index (χ1) is 11.4. The maximum atomic E-state index is 13.0. The van der Waals surface area contributed by atoms with E-state index in [-0.39, 0.29) is 16.4 Å². The number of H-pyrrole nitrogens is 1. The molecule has 0 unspecified atom stereocenters. The predicted octanol–water partition coefficient (Wildman–Crippen LogP) is 3.85. The van der Waals surface area contributed by atoms with Crippen LogP contribution in [0, 0.1) is 12.7 Å². The Kier molecular flexibility index (Phi) is 4.46. The summed E-state index contributed by atoms with van der Waals surface area (Å²) in [6, 6.07) is 7.26. The summed E-state index contributed by atoms with van der Waals surface area (Å²) in [5.41, 5.74) is 1.19. The van der Waals surface area contributed by atoms with Gasteiger partial charge in [-0.15, -0.1) is 11.3 Å². The van der Waals surface area contributed by atoms with Gasteiger partial charge < -0.3 is 4.98 Å². The molecule has 0 saturated carbocycles. The highest BCUT2D eigenvalue weighted by Crippen LogP contribution is 2.30. The molecular weight excluding hydrogens is 353 g/mol. The first kappa shape index (κ1) is 16.4. The number of aryl methyl sites for hydroxylation is 1. The first-order valence-electron chi connectivity index (χ1n) is 6.87. The number of benzene rings is 1. The minimum absolute atomic E-state index is 0.0648. The summed E-state index contributed by atoms with van der Waals surface area (Å²) in [4.78, 5) is 31.1. The van der Waals surface area contributed by atoms with Crippen LogP contribution in [0.2, 0.25) is 5.02 Å². The number of aromatic amines is 1. The highest BCUT2D eigenvalue weighted by molar-refractivity contribution is 7.16. The van der Waals surface area contributed by atoms with Crippen LogP contribution >= 0.6 is 22.9 Å². The Morgan fingerprint density at radius 2 is 2.04 bits per heavy atom. The second-order valence-corrected chi connectivity index (χ2v) is 6.56. The first-order valence-corrected chi connectivity index (χ1v) is 8.06. The van der Waals surface area contributed by atoms with Gasteiger partial charge in [0, 0.05) is 16.6 Å². The average molecular weight is 364 g/mol. The average Bonchev–Trinajstić information content (AvgIpc) is 2.91. The van der Waals surface area contributed by atoms with Crippen LogP contribution in [-0.2, 0) is 0 Å². The van der Waals surface area contributed by atoms with Crippen molar-refractivity contribution in [1.82, 2.24) is 9.97 Å². The third-order valence-corrected chi connectivity index (χ3v) is 4.42. The summed E-state index contributed by atoms with van der Waals surface area (Å²) < 4.78 is 13.0. The minimum Gasteiger partial charge on any atom is -0.327 e. The van der Waals surface area contributed by atoms with Crippen molar-refractivity contribution in [3.05, 3.63) is 68.2 Å². The lowest BCUT2D eigenvalue weighted by molar-refractivity contribution is 0.102. The molecule has 3 rings (SSSR count). The van der Waals surface area contributed by atoms with Gasteiger partial charge in [-0.05, 0) is 37.3 Å². The second kappa shape index (κ2) is 6.54. The molecule has 2 aromatic heterocycles. The number of anilines is 1. The molecule has 5 nitrogen and oxygen atoms in total. The van der Waals surface area contributed by atoms with Gasteiger partial charge in [-0.3, -0.25) is 14.9 Å². The molecule has 1 amide bonds. The quantitative estimate of drug-likeness (QED) is 0.742. The Balaban J connectivity index is 1.84. The molecule has 0 aliphatic carbocycles. The van der Waals surface area contributed by atoms with Crippen LogP contribution in [-0.4, -0.2) is 15.9 Å². The Labute approximate surface area is 145 Å². The molecule has 0 atom stereocenters. The van der Waals surface area contributed by atoms with E-state index in [0.29, 0.717) is 10.8 Å². The van der Waals surface area contributed by atoms with E-state index in [1.807, 2.05) is 6.92 Å². The van der Waals surface area contributed by atoms with Gasteiger partial charge in [-0.25, -0.2) is 9.37 Å². The maximum Gasteiger partial charge on any atom is 0.266 e. The number of aromatic nitrogens is 2. The number of thiazole rings is 1. The molecular formula is C16H11ClFN3O2S.